The molecule has 1 aliphatic carbocycles. The Balaban J connectivity index is 2.05. The van der Waals surface area contributed by atoms with E-state index in [-0.39, 0.29) is 5.41 Å². The van der Waals surface area contributed by atoms with Crippen molar-refractivity contribution in [3.63, 3.8) is 0 Å². The van der Waals surface area contributed by atoms with Crippen LogP contribution in [0.1, 0.15) is 58.8 Å². The van der Waals surface area contributed by atoms with Crippen LogP contribution in [-0.2, 0) is 9.84 Å². The van der Waals surface area contributed by atoms with Gasteiger partial charge in [0.05, 0.1) is 11.5 Å². The van der Waals surface area contributed by atoms with Crippen molar-refractivity contribution in [1.29, 1.82) is 0 Å². The quantitative estimate of drug-likeness (QED) is 0.746. The van der Waals surface area contributed by atoms with E-state index in [0.717, 1.165) is 19.4 Å². The van der Waals surface area contributed by atoms with E-state index in [9.17, 15) is 8.42 Å². The normalized spacial score (nSPS) is 29.3. The molecule has 1 saturated heterocycles. The van der Waals surface area contributed by atoms with Gasteiger partial charge in [0.15, 0.2) is 9.84 Å². The molecular formula is C15H29NO2S. The number of hydrogen-bond donors (Lipinski definition) is 1. The van der Waals surface area contributed by atoms with Gasteiger partial charge in [-0.2, -0.15) is 0 Å². The van der Waals surface area contributed by atoms with Crippen LogP contribution < -0.4 is 5.32 Å². The van der Waals surface area contributed by atoms with Gasteiger partial charge in [-0.05, 0) is 43.4 Å². The zero-order valence-corrected chi connectivity index (χ0v) is 13.3. The minimum atomic E-state index is -2.76. The molecule has 19 heavy (non-hydrogen) atoms. The van der Waals surface area contributed by atoms with Crippen molar-refractivity contribution in [3.8, 4) is 0 Å². The third-order valence-corrected chi connectivity index (χ3v) is 6.92. The Morgan fingerprint density at radius 1 is 1.21 bits per heavy atom. The highest BCUT2D eigenvalue weighted by atomic mass is 32.2. The van der Waals surface area contributed by atoms with E-state index in [1.54, 1.807) is 0 Å². The second-order valence-electron chi connectivity index (χ2n) is 6.57. The molecule has 2 atom stereocenters. The smallest absolute Gasteiger partial charge is 0.150 e. The van der Waals surface area contributed by atoms with Crippen LogP contribution in [0.3, 0.4) is 0 Å². The first-order valence-electron chi connectivity index (χ1n) is 7.95. The van der Waals surface area contributed by atoms with Gasteiger partial charge < -0.3 is 5.32 Å². The number of rotatable bonds is 8. The van der Waals surface area contributed by atoms with Gasteiger partial charge in [0.25, 0.3) is 0 Å². The van der Waals surface area contributed by atoms with Gasteiger partial charge in [-0.15, -0.1) is 0 Å². The Kier molecular flexibility index (Phi) is 4.93. The average Bonchev–Trinajstić information content (AvgIpc) is 3.14. The summed E-state index contributed by atoms with van der Waals surface area (Å²) < 4.78 is 23.6. The largest absolute Gasteiger partial charge is 0.313 e. The lowest BCUT2D eigenvalue weighted by molar-refractivity contribution is 0.142. The van der Waals surface area contributed by atoms with E-state index < -0.39 is 9.84 Å². The molecule has 0 radical (unpaired) electrons. The van der Waals surface area contributed by atoms with Crippen LogP contribution in [0.15, 0.2) is 0 Å². The number of hydrogen-bond acceptors (Lipinski definition) is 3. The summed E-state index contributed by atoms with van der Waals surface area (Å²) in [4.78, 5) is 0. The maximum absolute atomic E-state index is 11.8. The molecule has 112 valence electrons. The van der Waals surface area contributed by atoms with Crippen molar-refractivity contribution < 1.29 is 8.42 Å². The summed E-state index contributed by atoms with van der Waals surface area (Å²) in [7, 11) is -2.76. The van der Waals surface area contributed by atoms with Crippen molar-refractivity contribution in [2.24, 2.45) is 11.3 Å². The molecule has 1 N–H and O–H groups in total. The van der Waals surface area contributed by atoms with Crippen LogP contribution >= 0.6 is 0 Å². The maximum Gasteiger partial charge on any atom is 0.150 e. The molecule has 4 heteroatoms. The first-order valence-corrected chi connectivity index (χ1v) is 9.77. The molecule has 2 rings (SSSR count). The van der Waals surface area contributed by atoms with E-state index in [4.69, 9.17) is 0 Å². The van der Waals surface area contributed by atoms with Crippen molar-refractivity contribution >= 4 is 9.84 Å². The Hall–Kier alpha value is -0.0900. The third-order valence-electron chi connectivity index (χ3n) is 5.15. The summed E-state index contributed by atoms with van der Waals surface area (Å²) in [6, 6.07) is 0.713. The van der Waals surface area contributed by atoms with Gasteiger partial charge in [0.2, 0.25) is 0 Å². The Labute approximate surface area is 118 Å². The summed E-state index contributed by atoms with van der Waals surface area (Å²) in [6.45, 7) is 5.49. The van der Waals surface area contributed by atoms with Crippen molar-refractivity contribution in [2.75, 3.05) is 18.1 Å². The molecule has 2 unspecified atom stereocenters. The highest BCUT2D eigenvalue weighted by Gasteiger charge is 2.43. The van der Waals surface area contributed by atoms with Crippen molar-refractivity contribution in [1.82, 2.24) is 5.32 Å². The molecule has 0 amide bonds. The van der Waals surface area contributed by atoms with Crippen molar-refractivity contribution in [3.05, 3.63) is 0 Å². The highest BCUT2D eigenvalue weighted by Crippen LogP contribution is 2.43. The van der Waals surface area contributed by atoms with E-state index in [2.05, 4.69) is 19.2 Å². The SMILES string of the molecule is CCCCC(CC)(CNC1CC1)C1CCS(=O)(=O)C1. The van der Waals surface area contributed by atoms with E-state index in [1.165, 1.54) is 32.1 Å². The minimum absolute atomic E-state index is 0.210. The van der Waals surface area contributed by atoms with E-state index in [1.807, 2.05) is 0 Å². The topological polar surface area (TPSA) is 46.2 Å². The van der Waals surface area contributed by atoms with Crippen LogP contribution in [0, 0.1) is 11.3 Å². The van der Waals surface area contributed by atoms with E-state index in [0.29, 0.717) is 23.5 Å². The number of unbranched alkanes of at least 4 members (excludes halogenated alkanes) is 1. The summed E-state index contributed by atoms with van der Waals surface area (Å²) >= 11 is 0. The van der Waals surface area contributed by atoms with Gasteiger partial charge in [0, 0.05) is 12.6 Å². The Bertz CT molecular complexity index is 389. The lowest BCUT2D eigenvalue weighted by atomic mass is 9.69. The van der Waals surface area contributed by atoms with Gasteiger partial charge in [-0.3, -0.25) is 0 Å². The molecule has 2 aliphatic rings. The second kappa shape index (κ2) is 6.13. The lowest BCUT2D eigenvalue weighted by Gasteiger charge is -2.39. The molecular weight excluding hydrogens is 258 g/mol. The molecule has 0 aromatic heterocycles. The maximum atomic E-state index is 11.8. The van der Waals surface area contributed by atoms with Crippen molar-refractivity contribution in [2.45, 2.75) is 64.8 Å². The predicted octanol–water partition coefficient (Wildman–Crippen LogP) is 2.76. The third kappa shape index (κ3) is 3.94. The average molecular weight is 287 g/mol. The molecule has 0 aromatic rings. The summed E-state index contributed by atoms with van der Waals surface area (Å²) in [5, 5.41) is 3.67. The van der Waals surface area contributed by atoms with Gasteiger partial charge in [-0.1, -0.05) is 26.7 Å². The van der Waals surface area contributed by atoms with Gasteiger partial charge in [-0.25, -0.2) is 8.42 Å². The van der Waals surface area contributed by atoms with E-state index >= 15 is 0 Å². The Morgan fingerprint density at radius 3 is 2.42 bits per heavy atom. The number of nitrogens with one attached hydrogen (secondary N) is 1. The highest BCUT2D eigenvalue weighted by molar-refractivity contribution is 7.91. The minimum Gasteiger partial charge on any atom is -0.313 e. The fraction of sp³-hybridized carbons (Fsp3) is 1.00. The standard InChI is InChI=1S/C15H29NO2S/c1-3-5-9-15(4-2,12-16-14-6-7-14)13-8-10-19(17,18)11-13/h13-14,16H,3-12H2,1-2H3. The Morgan fingerprint density at radius 2 is 1.95 bits per heavy atom. The monoisotopic (exact) mass is 287 g/mol. The molecule has 0 aromatic carbocycles. The summed E-state index contributed by atoms with van der Waals surface area (Å²) in [5.41, 5.74) is 0.210. The van der Waals surface area contributed by atoms with Crippen LogP contribution in [-0.4, -0.2) is 32.5 Å². The van der Waals surface area contributed by atoms with Gasteiger partial charge in [0.1, 0.15) is 0 Å². The molecule has 2 fully saturated rings. The van der Waals surface area contributed by atoms with Crippen LogP contribution in [0.2, 0.25) is 0 Å². The molecule has 1 aliphatic heterocycles. The molecule has 1 saturated carbocycles. The summed E-state index contributed by atoms with van der Waals surface area (Å²) in [6.07, 6.45) is 8.19. The number of sulfone groups is 1. The zero-order chi connectivity index (χ0) is 13.9. The molecule has 3 nitrogen and oxygen atoms in total. The van der Waals surface area contributed by atoms with Crippen LogP contribution in [0.5, 0.6) is 0 Å². The molecule has 1 heterocycles. The molecule has 0 bridgehead atoms. The zero-order valence-electron chi connectivity index (χ0n) is 12.5. The predicted molar refractivity (Wildman–Crippen MR) is 80.0 cm³/mol. The van der Waals surface area contributed by atoms with Crippen LogP contribution in [0.4, 0.5) is 0 Å². The fourth-order valence-corrected chi connectivity index (χ4v) is 5.41. The summed E-state index contributed by atoms with van der Waals surface area (Å²) in [5.74, 6) is 1.21. The fourth-order valence-electron chi connectivity index (χ4n) is 3.47. The second-order valence-corrected chi connectivity index (χ2v) is 8.80. The first kappa shape index (κ1) is 15.3. The van der Waals surface area contributed by atoms with Crippen LogP contribution in [0.25, 0.3) is 0 Å². The molecule has 0 spiro atoms. The van der Waals surface area contributed by atoms with Gasteiger partial charge >= 0.3 is 0 Å². The lowest BCUT2D eigenvalue weighted by Crippen LogP contribution is -2.41. The first-order chi connectivity index (χ1) is 9.01.